The van der Waals surface area contributed by atoms with Gasteiger partial charge in [-0.15, -0.1) is 0 Å². The Morgan fingerprint density at radius 1 is 0.906 bits per heavy atom. The quantitative estimate of drug-likeness (QED) is 0.465. The highest BCUT2D eigenvalue weighted by Gasteiger charge is 2.71. The zero-order valence-corrected chi connectivity index (χ0v) is 17.2. The Hall–Kier alpha value is -3.01. The molecule has 0 aliphatic rings. The third-order valence-corrected chi connectivity index (χ3v) is 5.05. The summed E-state index contributed by atoms with van der Waals surface area (Å²) in [6.45, 7) is 4.71. The molecule has 32 heavy (non-hydrogen) atoms. The van der Waals surface area contributed by atoms with Crippen LogP contribution in [0.5, 0.6) is 5.75 Å². The van der Waals surface area contributed by atoms with Crippen molar-refractivity contribution in [3.8, 4) is 17.2 Å². The molecule has 0 amide bonds. The van der Waals surface area contributed by atoms with E-state index in [1.165, 1.54) is 6.92 Å². The van der Waals surface area contributed by atoms with E-state index in [1.807, 2.05) is 31.2 Å². The van der Waals surface area contributed by atoms with Crippen LogP contribution < -0.4 is 4.74 Å². The first-order valence-corrected chi connectivity index (χ1v) is 9.37. The van der Waals surface area contributed by atoms with Gasteiger partial charge in [-0.25, -0.2) is 4.98 Å². The lowest BCUT2D eigenvalue weighted by atomic mass is 9.91. The molecule has 3 aromatic rings. The first kappa shape index (κ1) is 23.6. The number of aromatic nitrogens is 1. The van der Waals surface area contributed by atoms with Crippen LogP contribution in [0.4, 0.5) is 26.3 Å². The summed E-state index contributed by atoms with van der Waals surface area (Å²) in [4.78, 5) is 4.38. The van der Waals surface area contributed by atoms with Gasteiger partial charge in [0.25, 0.3) is 5.60 Å². The summed E-state index contributed by atoms with van der Waals surface area (Å²) in [5, 5.41) is 9.54. The van der Waals surface area contributed by atoms with Crippen molar-refractivity contribution in [2.45, 2.75) is 45.3 Å². The lowest BCUT2D eigenvalue weighted by Gasteiger charge is -2.33. The van der Waals surface area contributed by atoms with Gasteiger partial charge in [-0.3, -0.25) is 0 Å². The average molecular weight is 459 g/mol. The molecule has 1 heterocycles. The van der Waals surface area contributed by atoms with Crippen LogP contribution in [0.3, 0.4) is 0 Å². The molecule has 0 aliphatic carbocycles. The molecule has 0 spiro atoms. The van der Waals surface area contributed by atoms with Crippen LogP contribution in [0.1, 0.15) is 28.1 Å². The number of aliphatic hydroxyl groups is 1. The van der Waals surface area contributed by atoms with Crippen molar-refractivity contribution < 1.29 is 40.6 Å². The van der Waals surface area contributed by atoms with Crippen molar-refractivity contribution in [1.29, 1.82) is 0 Å². The number of benzene rings is 2. The number of hydrogen-bond donors (Lipinski definition) is 1. The van der Waals surface area contributed by atoms with Gasteiger partial charge in [0.1, 0.15) is 23.8 Å². The average Bonchev–Trinajstić information content (AvgIpc) is 3.05. The monoisotopic (exact) mass is 459 g/mol. The molecule has 1 aromatic heterocycles. The SMILES string of the molecule is Cc1cc(C(O)(C(F)(F)F)C(F)(F)F)ccc1OCc1nc(-c2ccccc2C)oc1C. The highest BCUT2D eigenvalue weighted by atomic mass is 19.4. The molecule has 172 valence electrons. The minimum atomic E-state index is -5.95. The summed E-state index contributed by atoms with van der Waals surface area (Å²) in [5.41, 5.74) is -4.21. The fourth-order valence-corrected chi connectivity index (χ4v) is 3.16. The zero-order chi connectivity index (χ0) is 23.9. The Balaban J connectivity index is 1.84. The Kier molecular flexibility index (Phi) is 6.03. The van der Waals surface area contributed by atoms with Gasteiger partial charge in [-0.2, -0.15) is 26.3 Å². The molecule has 0 atom stereocenters. The van der Waals surface area contributed by atoms with E-state index in [9.17, 15) is 31.4 Å². The number of halogens is 6. The summed E-state index contributed by atoms with van der Waals surface area (Å²) in [7, 11) is 0. The number of hydrogen-bond acceptors (Lipinski definition) is 4. The Labute approximate surface area is 179 Å². The molecule has 0 aliphatic heterocycles. The standard InChI is InChI=1S/C22H19F6NO3/c1-12-6-4-5-7-16(12)19-29-17(14(3)32-19)11-31-18-9-8-15(10-13(18)2)20(30,21(23,24)25)22(26,27)28/h4-10,30H,11H2,1-3H3. The van der Waals surface area contributed by atoms with E-state index >= 15 is 0 Å². The lowest BCUT2D eigenvalue weighted by Crippen LogP contribution is -2.53. The highest BCUT2D eigenvalue weighted by Crippen LogP contribution is 2.50. The van der Waals surface area contributed by atoms with Gasteiger partial charge in [0, 0.05) is 11.1 Å². The molecule has 0 fully saturated rings. The molecule has 0 bridgehead atoms. The van der Waals surface area contributed by atoms with Crippen LogP contribution in [0.25, 0.3) is 11.5 Å². The van der Waals surface area contributed by atoms with Gasteiger partial charge in [0.05, 0.1) is 0 Å². The third-order valence-electron chi connectivity index (χ3n) is 5.05. The van der Waals surface area contributed by atoms with Crippen LogP contribution in [-0.4, -0.2) is 22.4 Å². The molecular weight excluding hydrogens is 440 g/mol. The second-order valence-electron chi connectivity index (χ2n) is 7.31. The van der Waals surface area contributed by atoms with E-state index in [1.54, 1.807) is 6.92 Å². The van der Waals surface area contributed by atoms with Crippen molar-refractivity contribution in [2.75, 3.05) is 0 Å². The van der Waals surface area contributed by atoms with Gasteiger partial charge in [0.15, 0.2) is 0 Å². The molecule has 4 nitrogen and oxygen atoms in total. The molecular formula is C22H19F6NO3. The largest absolute Gasteiger partial charge is 0.487 e. The third kappa shape index (κ3) is 4.19. The van der Waals surface area contributed by atoms with E-state index in [0.29, 0.717) is 29.5 Å². The van der Waals surface area contributed by atoms with Gasteiger partial charge in [-0.1, -0.05) is 24.3 Å². The molecule has 2 aromatic carbocycles. The van der Waals surface area contributed by atoms with E-state index in [4.69, 9.17) is 9.15 Å². The Morgan fingerprint density at radius 3 is 2.09 bits per heavy atom. The second kappa shape index (κ2) is 8.16. The molecule has 0 unspecified atom stereocenters. The maximum atomic E-state index is 13.1. The van der Waals surface area contributed by atoms with Gasteiger partial charge in [-0.05, 0) is 50.1 Å². The summed E-state index contributed by atoms with van der Waals surface area (Å²) < 4.78 is 89.7. The maximum Gasteiger partial charge on any atom is 0.430 e. The van der Waals surface area contributed by atoms with Crippen LogP contribution in [0, 0.1) is 20.8 Å². The van der Waals surface area contributed by atoms with Crippen LogP contribution >= 0.6 is 0 Å². The van der Waals surface area contributed by atoms with Crippen molar-refractivity contribution >= 4 is 0 Å². The van der Waals surface area contributed by atoms with E-state index in [2.05, 4.69) is 4.98 Å². The number of nitrogens with zero attached hydrogens (tertiary/aromatic N) is 1. The first-order valence-electron chi connectivity index (χ1n) is 9.37. The fourth-order valence-electron chi connectivity index (χ4n) is 3.16. The van der Waals surface area contributed by atoms with Crippen LogP contribution in [0.2, 0.25) is 0 Å². The molecule has 3 rings (SSSR count). The number of oxazole rings is 1. The Morgan fingerprint density at radius 2 is 1.53 bits per heavy atom. The second-order valence-corrected chi connectivity index (χ2v) is 7.31. The highest BCUT2D eigenvalue weighted by molar-refractivity contribution is 5.58. The fraction of sp³-hybridized carbons (Fsp3) is 0.318. The smallest absolute Gasteiger partial charge is 0.430 e. The van der Waals surface area contributed by atoms with E-state index < -0.39 is 23.5 Å². The van der Waals surface area contributed by atoms with Crippen molar-refractivity contribution in [3.63, 3.8) is 0 Å². The normalized spacial score (nSPS) is 12.8. The lowest BCUT2D eigenvalue weighted by molar-refractivity contribution is -0.376. The zero-order valence-electron chi connectivity index (χ0n) is 17.2. The number of alkyl halides is 6. The van der Waals surface area contributed by atoms with Crippen LogP contribution in [0.15, 0.2) is 46.9 Å². The van der Waals surface area contributed by atoms with Gasteiger partial charge in [0.2, 0.25) is 5.89 Å². The van der Waals surface area contributed by atoms with Gasteiger partial charge >= 0.3 is 12.4 Å². The van der Waals surface area contributed by atoms with Crippen LogP contribution in [-0.2, 0) is 12.2 Å². The molecule has 0 saturated heterocycles. The van der Waals surface area contributed by atoms with Gasteiger partial charge < -0.3 is 14.3 Å². The van der Waals surface area contributed by atoms with Crippen molar-refractivity contribution in [1.82, 2.24) is 4.98 Å². The summed E-state index contributed by atoms with van der Waals surface area (Å²) >= 11 is 0. The summed E-state index contributed by atoms with van der Waals surface area (Å²) in [6.07, 6.45) is -11.9. The Bertz CT molecular complexity index is 1100. The molecule has 1 N–H and O–H groups in total. The predicted octanol–water partition coefficient (Wildman–Crippen LogP) is 6.16. The first-order chi connectivity index (χ1) is 14.8. The van der Waals surface area contributed by atoms with Crippen molar-refractivity contribution in [2.24, 2.45) is 0 Å². The van der Waals surface area contributed by atoms with Crippen molar-refractivity contribution in [3.05, 3.63) is 70.6 Å². The minimum absolute atomic E-state index is 0.0188. The number of aryl methyl sites for hydroxylation is 3. The topological polar surface area (TPSA) is 55.5 Å². The summed E-state index contributed by atoms with van der Waals surface area (Å²) in [5.74, 6) is 0.869. The maximum absolute atomic E-state index is 13.1. The molecule has 10 heteroatoms. The van der Waals surface area contributed by atoms with E-state index in [-0.39, 0.29) is 17.9 Å². The predicted molar refractivity (Wildman–Crippen MR) is 103 cm³/mol. The minimum Gasteiger partial charge on any atom is -0.487 e. The number of ether oxygens (including phenoxy) is 1. The summed E-state index contributed by atoms with van der Waals surface area (Å²) in [6, 6.07) is 9.50. The number of rotatable bonds is 5. The molecule has 0 radical (unpaired) electrons. The molecule has 0 saturated carbocycles. The van der Waals surface area contributed by atoms with E-state index in [0.717, 1.165) is 17.2 Å².